The van der Waals surface area contributed by atoms with E-state index < -0.39 is 45.0 Å². The first-order valence-corrected chi connectivity index (χ1v) is 26.0. The minimum atomic E-state index is -4.64. The van der Waals surface area contributed by atoms with Crippen LogP contribution in [0.25, 0.3) is 0 Å². The molecule has 0 aliphatic rings. The lowest BCUT2D eigenvalue weighted by molar-refractivity contribution is -0.137. The second kappa shape index (κ2) is 24.2. The van der Waals surface area contributed by atoms with E-state index in [1.807, 2.05) is 30.3 Å². The van der Waals surface area contributed by atoms with Crippen LogP contribution < -0.4 is 9.47 Å². The molecular formula is C61H88F3NO4. The van der Waals surface area contributed by atoms with E-state index in [4.69, 9.17) is 14.5 Å². The maximum Gasteiger partial charge on any atom is 0.416 e. The van der Waals surface area contributed by atoms with Crippen molar-refractivity contribution in [3.63, 3.8) is 0 Å². The normalized spacial score (nSPS) is 13.6. The summed E-state index contributed by atoms with van der Waals surface area (Å²) in [4.78, 5) is 5.13. The van der Waals surface area contributed by atoms with Gasteiger partial charge >= 0.3 is 6.18 Å². The average Bonchev–Trinajstić information content (AvgIpc) is 3.25. The fraction of sp³-hybridized carbons (Fsp3) is 0.590. The predicted octanol–water partition coefficient (Wildman–Crippen LogP) is 17.0. The Morgan fingerprint density at radius 3 is 1.29 bits per heavy atom. The number of aromatic hydroxyl groups is 1. The first kappa shape index (κ1) is 57.3. The zero-order valence-electron chi connectivity index (χ0n) is 45.0. The van der Waals surface area contributed by atoms with Gasteiger partial charge in [-0.1, -0.05) is 191 Å². The third-order valence-corrected chi connectivity index (χ3v) is 13.3. The highest BCUT2D eigenvalue weighted by molar-refractivity contribution is 5.84. The summed E-state index contributed by atoms with van der Waals surface area (Å²) in [5.41, 5.74) is 1.20. The number of hydrogen-bond donors (Lipinski definition) is 2. The van der Waals surface area contributed by atoms with Crippen molar-refractivity contribution in [1.29, 1.82) is 0 Å². The smallest absolute Gasteiger partial charge is 0.416 e. The molecule has 0 saturated heterocycles. The monoisotopic (exact) mass is 956 g/mol. The maximum atomic E-state index is 14.5. The van der Waals surface area contributed by atoms with Gasteiger partial charge in [-0.3, -0.25) is 4.99 Å². The number of phenolic OH excluding ortho intramolecular Hbond substituents is 1. The largest absolute Gasteiger partial charge is 0.507 e. The summed E-state index contributed by atoms with van der Waals surface area (Å²) < 4.78 is 56.2. The summed E-state index contributed by atoms with van der Waals surface area (Å²) >= 11 is 0. The maximum absolute atomic E-state index is 14.5. The van der Waals surface area contributed by atoms with Crippen LogP contribution in [-0.4, -0.2) is 35.7 Å². The van der Waals surface area contributed by atoms with Gasteiger partial charge in [0, 0.05) is 34.0 Å². The molecule has 0 spiro atoms. The van der Waals surface area contributed by atoms with E-state index in [0.717, 1.165) is 83.2 Å². The Bertz CT molecular complexity index is 2080. The van der Waals surface area contributed by atoms with Gasteiger partial charge in [0.05, 0.1) is 24.8 Å². The Kier molecular flexibility index (Phi) is 20.1. The summed E-state index contributed by atoms with van der Waals surface area (Å²) in [6, 6.07) is 19.9. The molecule has 4 aromatic carbocycles. The molecule has 8 heteroatoms. The van der Waals surface area contributed by atoms with Crippen molar-refractivity contribution in [3.05, 3.63) is 123 Å². The fourth-order valence-corrected chi connectivity index (χ4v) is 9.05. The van der Waals surface area contributed by atoms with E-state index in [0.29, 0.717) is 24.3 Å². The van der Waals surface area contributed by atoms with E-state index in [2.05, 4.69) is 121 Å². The molecular weight excluding hydrogens is 868 g/mol. The topological polar surface area (TPSA) is 71.3 Å². The van der Waals surface area contributed by atoms with E-state index in [1.54, 1.807) is 0 Å². The van der Waals surface area contributed by atoms with Crippen molar-refractivity contribution < 1.29 is 32.9 Å². The van der Waals surface area contributed by atoms with Crippen molar-refractivity contribution in [2.45, 2.75) is 220 Å². The van der Waals surface area contributed by atoms with Crippen molar-refractivity contribution >= 4 is 6.21 Å². The van der Waals surface area contributed by atoms with Crippen LogP contribution in [0, 0.1) is 0 Å². The summed E-state index contributed by atoms with van der Waals surface area (Å²) in [5.74, 6) is 1.29. The lowest BCUT2D eigenvalue weighted by Gasteiger charge is -2.40. The summed E-state index contributed by atoms with van der Waals surface area (Å²) in [6.07, 6.45) is 10.5. The predicted molar refractivity (Wildman–Crippen MR) is 283 cm³/mol. The third-order valence-electron chi connectivity index (χ3n) is 13.3. The molecule has 0 aliphatic heterocycles. The Morgan fingerprint density at radius 1 is 0.522 bits per heavy atom. The van der Waals surface area contributed by atoms with Crippen molar-refractivity contribution in [1.82, 2.24) is 0 Å². The molecule has 5 nitrogen and oxygen atoms in total. The van der Waals surface area contributed by atoms with E-state index in [-0.39, 0.29) is 17.7 Å². The number of nitrogens with zero attached hydrogens (tertiary/aromatic N) is 1. The van der Waals surface area contributed by atoms with Gasteiger partial charge in [-0.05, 0) is 100 Å². The molecule has 69 heavy (non-hydrogen) atoms. The van der Waals surface area contributed by atoms with Crippen LogP contribution in [-0.2, 0) is 39.9 Å². The Balaban J connectivity index is 2.16. The van der Waals surface area contributed by atoms with Crippen LogP contribution in [0.15, 0.2) is 77.8 Å². The Labute approximate surface area is 415 Å². The molecule has 0 amide bonds. The standard InChI is InChI=1S/C61H88F3NO4/c1-15-17-19-21-23-28-34-68-54-48(56(3,4)5)38-46(39-49(54)57(6,7)8)60(67,53(36-43-30-26-25-27-31-43)65-42-44-37-45(61(62,63)64)32-33-52(44)66)47-40-50(58(9,10)11)55(51(41-47)59(12,13)14)69-35-29-24-22-20-18-16-2/h25-27,30-33,37-42,53,66-67H,15-24,28-29,34-36H2,1-14H3. The zero-order valence-corrected chi connectivity index (χ0v) is 45.0. The van der Waals surface area contributed by atoms with Crippen LogP contribution >= 0.6 is 0 Å². The number of benzene rings is 4. The molecule has 4 rings (SSSR count). The highest BCUT2D eigenvalue weighted by Crippen LogP contribution is 2.49. The molecule has 0 radical (unpaired) electrons. The minimum Gasteiger partial charge on any atom is -0.507 e. The first-order valence-electron chi connectivity index (χ1n) is 26.0. The number of phenols is 1. The van der Waals surface area contributed by atoms with Gasteiger partial charge in [0.15, 0.2) is 0 Å². The molecule has 0 saturated carbocycles. The van der Waals surface area contributed by atoms with E-state index in [9.17, 15) is 23.4 Å². The number of unbranched alkanes of at least 4 members (excludes halogenated alkanes) is 10. The number of rotatable bonds is 23. The molecule has 0 fully saturated rings. The number of aliphatic hydroxyl groups is 1. The van der Waals surface area contributed by atoms with Gasteiger partial charge in [0.25, 0.3) is 0 Å². The highest BCUT2D eigenvalue weighted by Gasteiger charge is 2.45. The van der Waals surface area contributed by atoms with Gasteiger partial charge in [-0.15, -0.1) is 0 Å². The highest BCUT2D eigenvalue weighted by atomic mass is 19.4. The van der Waals surface area contributed by atoms with Gasteiger partial charge in [-0.25, -0.2) is 0 Å². The minimum absolute atomic E-state index is 0.0985. The van der Waals surface area contributed by atoms with Gasteiger partial charge < -0.3 is 19.7 Å². The number of alkyl halides is 3. The van der Waals surface area contributed by atoms with Crippen LogP contribution in [0.1, 0.15) is 224 Å². The molecule has 0 bridgehead atoms. The van der Waals surface area contributed by atoms with E-state index >= 15 is 0 Å². The number of aliphatic imine (C=N–C) groups is 1. The second-order valence-corrected chi connectivity index (χ2v) is 23.6. The molecule has 0 aromatic heterocycles. The SMILES string of the molecule is CCCCCCCCOc1c(C(C)(C)C)cc(C(O)(c2cc(C(C)(C)C)c(OCCCCCCCC)c(C(C)(C)C)c2)C(Cc2ccccc2)N=Cc2cc(C(F)(F)F)ccc2O)cc1C(C)(C)C. The summed E-state index contributed by atoms with van der Waals surface area (Å²) in [5, 5.41) is 25.6. The Hall–Kier alpha value is -4.30. The quantitative estimate of drug-likeness (QED) is 0.0574. The van der Waals surface area contributed by atoms with Gasteiger partial charge in [0.1, 0.15) is 22.8 Å². The fourth-order valence-electron chi connectivity index (χ4n) is 9.05. The molecule has 382 valence electrons. The molecule has 0 aliphatic carbocycles. The second-order valence-electron chi connectivity index (χ2n) is 23.6. The summed E-state index contributed by atoms with van der Waals surface area (Å²) in [7, 11) is 0. The van der Waals surface area contributed by atoms with Gasteiger partial charge in [-0.2, -0.15) is 13.2 Å². The number of ether oxygens (including phenoxy) is 2. The molecule has 1 atom stereocenters. The van der Waals surface area contributed by atoms with Crippen molar-refractivity contribution in [2.75, 3.05) is 13.2 Å². The molecule has 1 unspecified atom stereocenters. The zero-order chi connectivity index (χ0) is 51.4. The lowest BCUT2D eigenvalue weighted by Crippen LogP contribution is -2.42. The molecule has 2 N–H and O–H groups in total. The summed E-state index contributed by atoms with van der Waals surface area (Å²) in [6.45, 7) is 31.5. The van der Waals surface area contributed by atoms with Crippen molar-refractivity contribution in [2.24, 2.45) is 4.99 Å². The van der Waals surface area contributed by atoms with Crippen molar-refractivity contribution in [3.8, 4) is 17.2 Å². The van der Waals surface area contributed by atoms with Gasteiger partial charge in [0.2, 0.25) is 0 Å². The van der Waals surface area contributed by atoms with Crippen LogP contribution in [0.5, 0.6) is 17.2 Å². The van der Waals surface area contributed by atoms with E-state index in [1.165, 1.54) is 57.6 Å². The third kappa shape index (κ3) is 15.8. The lowest BCUT2D eigenvalue weighted by atomic mass is 9.70. The first-order chi connectivity index (χ1) is 32.1. The average molecular weight is 956 g/mol. The Morgan fingerprint density at radius 2 is 0.913 bits per heavy atom. The van der Waals surface area contributed by atoms with Crippen LogP contribution in [0.2, 0.25) is 0 Å². The molecule has 4 aromatic rings. The van der Waals surface area contributed by atoms with Crippen LogP contribution in [0.4, 0.5) is 13.2 Å². The van der Waals surface area contributed by atoms with Crippen LogP contribution in [0.3, 0.4) is 0 Å². The number of halogens is 3. The molecule has 0 heterocycles. The number of hydrogen-bond acceptors (Lipinski definition) is 5.